The minimum absolute atomic E-state index is 0.00196. The van der Waals surface area contributed by atoms with Gasteiger partial charge in [-0.05, 0) is 68.6 Å². The molecule has 50 heavy (non-hydrogen) atoms. The van der Waals surface area contributed by atoms with Crippen molar-refractivity contribution >= 4 is 50.5 Å². The van der Waals surface area contributed by atoms with Crippen molar-refractivity contribution in [2.24, 2.45) is 4.99 Å². The van der Waals surface area contributed by atoms with E-state index in [9.17, 15) is 0 Å². The van der Waals surface area contributed by atoms with Crippen LogP contribution in [0.25, 0.3) is 27.2 Å². The highest BCUT2D eigenvalue weighted by Gasteiger charge is 2.42. The molecule has 3 nitrogen and oxygen atoms in total. The molecule has 2 N–H and O–H groups in total. The minimum atomic E-state index is -0.0823. The Labute approximate surface area is 297 Å². The third-order valence-electron chi connectivity index (χ3n) is 11.1. The van der Waals surface area contributed by atoms with Gasteiger partial charge in [-0.2, -0.15) is 0 Å². The fourth-order valence-corrected chi connectivity index (χ4v) is 9.74. The zero-order valence-electron chi connectivity index (χ0n) is 28.2. The van der Waals surface area contributed by atoms with E-state index < -0.39 is 0 Å². The number of nitrogens with zero attached hydrogens (tertiary/aromatic N) is 1. The number of benzene rings is 6. The van der Waals surface area contributed by atoms with Gasteiger partial charge in [-0.25, -0.2) is 0 Å². The number of hydrogen-bond acceptors (Lipinski definition) is 4. The lowest BCUT2D eigenvalue weighted by molar-refractivity contribution is 0.608. The van der Waals surface area contributed by atoms with Crippen molar-refractivity contribution in [3.05, 3.63) is 185 Å². The van der Waals surface area contributed by atoms with Crippen LogP contribution in [0.4, 0.5) is 5.69 Å². The summed E-state index contributed by atoms with van der Waals surface area (Å²) < 4.78 is 0. The van der Waals surface area contributed by atoms with Crippen molar-refractivity contribution in [3.8, 4) is 0 Å². The first kappa shape index (κ1) is 29.6. The van der Waals surface area contributed by atoms with Gasteiger partial charge in [-0.15, -0.1) is 0 Å². The van der Waals surface area contributed by atoms with Crippen LogP contribution in [0.5, 0.6) is 0 Å². The number of amidine groups is 1. The van der Waals surface area contributed by atoms with Gasteiger partial charge in [-0.3, -0.25) is 4.99 Å². The Morgan fingerprint density at radius 3 is 2.38 bits per heavy atom. The number of anilines is 1. The Bertz CT molecular complexity index is 2470. The molecule has 2 aliphatic carbocycles. The fraction of sp³-hybridized carbons (Fsp3) is 0.152. The number of thioether (sulfide) groups is 1. The summed E-state index contributed by atoms with van der Waals surface area (Å²) in [6, 6.07) is 46.2. The highest BCUT2D eigenvalue weighted by atomic mass is 32.2. The van der Waals surface area contributed by atoms with E-state index in [1.165, 1.54) is 65.5 Å². The van der Waals surface area contributed by atoms with E-state index in [1.807, 2.05) is 11.8 Å². The third-order valence-corrected chi connectivity index (χ3v) is 12.4. The molecule has 0 bridgehead atoms. The number of allylic oxidation sites excluding steroid dienone is 2. The quantitative estimate of drug-likeness (QED) is 0.184. The fourth-order valence-electron chi connectivity index (χ4n) is 8.59. The first-order valence-corrected chi connectivity index (χ1v) is 18.5. The number of rotatable bonds is 4. The monoisotopic (exact) mass is 663 g/mol. The van der Waals surface area contributed by atoms with Crippen LogP contribution in [0, 0.1) is 0 Å². The van der Waals surface area contributed by atoms with Crippen LogP contribution >= 0.6 is 11.8 Å². The molecule has 242 valence electrons. The van der Waals surface area contributed by atoms with Crippen molar-refractivity contribution in [2.45, 2.75) is 47.9 Å². The Hall–Kier alpha value is -5.32. The Morgan fingerprint density at radius 1 is 0.760 bits per heavy atom. The lowest BCUT2D eigenvalue weighted by atomic mass is 9.76. The number of nitrogens with one attached hydrogen (secondary N) is 2. The van der Waals surface area contributed by atoms with E-state index in [0.29, 0.717) is 5.92 Å². The maximum absolute atomic E-state index is 5.43. The van der Waals surface area contributed by atoms with Gasteiger partial charge in [0.2, 0.25) is 0 Å². The zero-order chi connectivity index (χ0) is 33.4. The van der Waals surface area contributed by atoms with E-state index in [-0.39, 0.29) is 16.8 Å². The van der Waals surface area contributed by atoms with Crippen LogP contribution in [-0.4, -0.2) is 11.9 Å². The molecule has 0 aromatic heterocycles. The maximum atomic E-state index is 5.43. The molecular formula is C46H37N3S. The lowest BCUT2D eigenvalue weighted by Crippen LogP contribution is -2.31. The Morgan fingerprint density at radius 2 is 1.52 bits per heavy atom. The third kappa shape index (κ3) is 4.69. The average molecular weight is 664 g/mol. The summed E-state index contributed by atoms with van der Waals surface area (Å²) in [5.74, 6) is 1.35. The summed E-state index contributed by atoms with van der Waals surface area (Å²) in [7, 11) is 0. The largest absolute Gasteiger partial charge is 0.368 e. The summed E-state index contributed by atoms with van der Waals surface area (Å²) in [5, 5.41) is 12.8. The second-order valence-electron chi connectivity index (χ2n) is 14.4. The Kier molecular flexibility index (Phi) is 6.72. The topological polar surface area (TPSA) is 36.4 Å². The second kappa shape index (κ2) is 11.4. The van der Waals surface area contributed by atoms with Crippen LogP contribution in [0.2, 0.25) is 0 Å². The molecular weight excluding hydrogens is 627 g/mol. The standard InChI is InChI=1S/C46H37N3S/c1-46(2)37-16-10-9-15-35(37)36-23-19-32(26-38(36)46)40-27-39(28-11-5-3-6-12-28)47-44(48-40)33-20-22-34-31(25-33)18-17-29-21-24-41-43(42(29)34)49-45(50-41)30-13-7-4-8-14-30/h3-22,24-27,36,40,45,49H,23H2,1-2H3,(H,47,48). The molecule has 2 aliphatic heterocycles. The SMILES string of the molecule is CC1(C)C2=CC(C3C=C(c4ccccc4)NC(c4ccc5c(ccc6ccc7c(c65)NC(c5ccccc5)S7)c4)=N3)=CCC2c2ccccc21. The summed E-state index contributed by atoms with van der Waals surface area (Å²) in [6.07, 6.45) is 8.21. The molecule has 0 amide bonds. The van der Waals surface area contributed by atoms with Gasteiger partial charge in [0, 0.05) is 32.9 Å². The molecule has 0 radical (unpaired) electrons. The summed E-state index contributed by atoms with van der Waals surface area (Å²) in [4.78, 5) is 6.73. The van der Waals surface area contributed by atoms with Crippen LogP contribution in [0.1, 0.15) is 59.4 Å². The zero-order valence-corrected chi connectivity index (χ0v) is 29.0. The molecule has 3 atom stereocenters. The molecule has 6 aromatic carbocycles. The number of fused-ring (bicyclic) bond motifs is 8. The van der Waals surface area contributed by atoms with E-state index >= 15 is 0 Å². The molecule has 10 rings (SSSR count). The van der Waals surface area contributed by atoms with Gasteiger partial charge in [0.25, 0.3) is 0 Å². The molecule has 0 spiro atoms. The maximum Gasteiger partial charge on any atom is 0.133 e. The van der Waals surface area contributed by atoms with Crippen molar-refractivity contribution in [3.63, 3.8) is 0 Å². The van der Waals surface area contributed by atoms with E-state index in [2.05, 4.69) is 170 Å². The molecule has 0 saturated carbocycles. The number of aliphatic imine (C=N–C) groups is 1. The molecule has 3 unspecified atom stereocenters. The molecule has 4 heteroatoms. The Balaban J connectivity index is 1.05. The number of hydrogen-bond donors (Lipinski definition) is 2. The highest BCUT2D eigenvalue weighted by molar-refractivity contribution is 8.00. The first-order valence-electron chi connectivity index (χ1n) is 17.6. The molecule has 6 aromatic rings. The normalized spacial score (nSPS) is 21.6. The van der Waals surface area contributed by atoms with Crippen LogP contribution in [0.3, 0.4) is 0 Å². The van der Waals surface area contributed by atoms with Gasteiger partial charge in [-0.1, -0.05) is 159 Å². The van der Waals surface area contributed by atoms with Gasteiger partial charge >= 0.3 is 0 Å². The minimum Gasteiger partial charge on any atom is -0.368 e. The summed E-state index contributed by atoms with van der Waals surface area (Å²) >= 11 is 1.90. The first-order chi connectivity index (χ1) is 24.5. The molecule has 4 aliphatic rings. The smallest absolute Gasteiger partial charge is 0.133 e. The molecule has 0 saturated heterocycles. The van der Waals surface area contributed by atoms with Crippen LogP contribution in [-0.2, 0) is 5.41 Å². The second-order valence-corrected chi connectivity index (χ2v) is 15.5. The van der Waals surface area contributed by atoms with E-state index in [4.69, 9.17) is 4.99 Å². The molecule has 0 fully saturated rings. The van der Waals surface area contributed by atoms with Gasteiger partial charge in [0.15, 0.2) is 0 Å². The van der Waals surface area contributed by atoms with E-state index in [1.54, 1.807) is 0 Å². The summed E-state index contributed by atoms with van der Waals surface area (Å²) in [5.41, 5.74) is 11.6. The van der Waals surface area contributed by atoms with Crippen molar-refractivity contribution in [2.75, 3.05) is 5.32 Å². The van der Waals surface area contributed by atoms with Crippen molar-refractivity contribution in [1.82, 2.24) is 5.32 Å². The lowest BCUT2D eigenvalue weighted by Gasteiger charge is -2.30. The average Bonchev–Trinajstić information content (AvgIpc) is 3.71. The van der Waals surface area contributed by atoms with Gasteiger partial charge < -0.3 is 10.6 Å². The summed E-state index contributed by atoms with van der Waals surface area (Å²) in [6.45, 7) is 4.76. The van der Waals surface area contributed by atoms with Crippen molar-refractivity contribution in [1.29, 1.82) is 0 Å². The van der Waals surface area contributed by atoms with Crippen molar-refractivity contribution < 1.29 is 0 Å². The van der Waals surface area contributed by atoms with Crippen LogP contribution < -0.4 is 10.6 Å². The van der Waals surface area contributed by atoms with Gasteiger partial charge in [0.05, 0.1) is 11.7 Å². The van der Waals surface area contributed by atoms with Crippen LogP contribution in [0.15, 0.2) is 167 Å². The highest BCUT2D eigenvalue weighted by Crippen LogP contribution is 2.54. The van der Waals surface area contributed by atoms with E-state index in [0.717, 1.165) is 23.5 Å². The predicted octanol–water partition coefficient (Wildman–Crippen LogP) is 11.3. The van der Waals surface area contributed by atoms with Gasteiger partial charge in [0.1, 0.15) is 11.2 Å². The predicted molar refractivity (Wildman–Crippen MR) is 211 cm³/mol. The molecule has 2 heterocycles.